The van der Waals surface area contributed by atoms with Crippen molar-refractivity contribution in [1.29, 1.82) is 0 Å². The molecule has 3 heteroatoms. The van der Waals surface area contributed by atoms with Crippen LogP contribution in [-0.4, -0.2) is 37.6 Å². The van der Waals surface area contributed by atoms with Gasteiger partial charge in [0.1, 0.15) is 0 Å². The number of hydrogen-bond donors (Lipinski definition) is 1. The lowest BCUT2D eigenvalue weighted by Crippen LogP contribution is -2.51. The van der Waals surface area contributed by atoms with Crippen LogP contribution in [-0.2, 0) is 6.54 Å². The fourth-order valence-corrected chi connectivity index (χ4v) is 2.46. The summed E-state index contributed by atoms with van der Waals surface area (Å²) in [4.78, 5) is 4.94. The molecule has 17 heavy (non-hydrogen) atoms. The molecule has 0 radical (unpaired) electrons. The van der Waals surface area contributed by atoms with Gasteiger partial charge in [-0.2, -0.15) is 0 Å². The minimum atomic E-state index is 0.626. The van der Waals surface area contributed by atoms with Crippen molar-refractivity contribution >= 4 is 5.69 Å². The summed E-state index contributed by atoms with van der Waals surface area (Å²) in [6, 6.07) is 9.34. The van der Waals surface area contributed by atoms with Gasteiger partial charge in [-0.1, -0.05) is 19.1 Å². The van der Waals surface area contributed by atoms with Crippen LogP contribution in [0.1, 0.15) is 18.9 Å². The molecule has 1 aromatic rings. The van der Waals surface area contributed by atoms with Crippen molar-refractivity contribution in [2.24, 2.45) is 5.73 Å². The fourth-order valence-electron chi connectivity index (χ4n) is 2.46. The molecular formula is C14H23N3. The predicted octanol–water partition coefficient (Wildman–Crippen LogP) is 1.68. The van der Waals surface area contributed by atoms with Crippen molar-refractivity contribution in [3.8, 4) is 0 Å². The third kappa shape index (κ3) is 2.79. The SMILES string of the molecule is CCC1CN(c2ccc(CN)cc2)CCN1C. The van der Waals surface area contributed by atoms with Gasteiger partial charge < -0.3 is 10.6 Å². The van der Waals surface area contributed by atoms with Gasteiger partial charge in [0.05, 0.1) is 0 Å². The number of hydrogen-bond acceptors (Lipinski definition) is 3. The van der Waals surface area contributed by atoms with E-state index < -0.39 is 0 Å². The van der Waals surface area contributed by atoms with Gasteiger partial charge >= 0.3 is 0 Å². The maximum absolute atomic E-state index is 5.62. The van der Waals surface area contributed by atoms with Crippen LogP contribution in [0.5, 0.6) is 0 Å². The summed E-state index contributed by atoms with van der Waals surface area (Å²) in [6.45, 7) is 6.30. The maximum Gasteiger partial charge on any atom is 0.0367 e. The molecule has 1 unspecified atom stereocenters. The van der Waals surface area contributed by atoms with Crippen LogP contribution >= 0.6 is 0 Å². The first-order chi connectivity index (χ1) is 8.24. The standard InChI is InChI=1S/C14H23N3/c1-3-13-11-17(9-8-16(13)2)14-6-4-12(10-15)5-7-14/h4-7,13H,3,8-11,15H2,1-2H3. The second-order valence-electron chi connectivity index (χ2n) is 4.86. The summed E-state index contributed by atoms with van der Waals surface area (Å²) < 4.78 is 0. The molecular weight excluding hydrogens is 210 g/mol. The molecule has 2 N–H and O–H groups in total. The highest BCUT2D eigenvalue weighted by molar-refractivity contribution is 5.48. The van der Waals surface area contributed by atoms with E-state index in [1.165, 1.54) is 17.7 Å². The van der Waals surface area contributed by atoms with E-state index in [1.54, 1.807) is 0 Å². The van der Waals surface area contributed by atoms with Gasteiger partial charge in [0.15, 0.2) is 0 Å². The Kier molecular flexibility index (Phi) is 4.02. The number of anilines is 1. The molecule has 2 rings (SSSR count). The molecule has 3 nitrogen and oxygen atoms in total. The fraction of sp³-hybridized carbons (Fsp3) is 0.571. The van der Waals surface area contributed by atoms with E-state index in [0.717, 1.165) is 19.6 Å². The second kappa shape index (κ2) is 5.52. The zero-order chi connectivity index (χ0) is 12.3. The third-order valence-electron chi connectivity index (χ3n) is 3.79. The molecule has 1 fully saturated rings. The molecule has 0 amide bonds. The lowest BCUT2D eigenvalue weighted by atomic mass is 10.1. The van der Waals surface area contributed by atoms with Gasteiger partial charge in [0.2, 0.25) is 0 Å². The third-order valence-corrected chi connectivity index (χ3v) is 3.79. The Morgan fingerprint density at radius 3 is 2.53 bits per heavy atom. The van der Waals surface area contributed by atoms with E-state index in [1.807, 2.05) is 0 Å². The van der Waals surface area contributed by atoms with Crippen LogP contribution in [0.15, 0.2) is 24.3 Å². The quantitative estimate of drug-likeness (QED) is 0.862. The molecule has 0 spiro atoms. The molecule has 1 atom stereocenters. The van der Waals surface area contributed by atoms with E-state index in [0.29, 0.717) is 12.6 Å². The Morgan fingerprint density at radius 2 is 1.94 bits per heavy atom. The molecule has 0 bridgehead atoms. The van der Waals surface area contributed by atoms with E-state index in [2.05, 4.69) is 48.0 Å². The molecule has 0 aromatic heterocycles. The summed E-state index contributed by atoms with van der Waals surface area (Å²) in [5.41, 5.74) is 8.15. The number of piperazine rings is 1. The van der Waals surface area contributed by atoms with Crippen molar-refractivity contribution < 1.29 is 0 Å². The molecule has 0 aliphatic carbocycles. The summed E-state index contributed by atoms with van der Waals surface area (Å²) >= 11 is 0. The average molecular weight is 233 g/mol. The first kappa shape index (κ1) is 12.4. The van der Waals surface area contributed by atoms with E-state index in [9.17, 15) is 0 Å². The number of rotatable bonds is 3. The average Bonchev–Trinajstić information content (AvgIpc) is 2.39. The zero-order valence-corrected chi connectivity index (χ0v) is 10.9. The topological polar surface area (TPSA) is 32.5 Å². The van der Waals surface area contributed by atoms with Crippen molar-refractivity contribution in [3.05, 3.63) is 29.8 Å². The Morgan fingerprint density at radius 1 is 1.24 bits per heavy atom. The lowest BCUT2D eigenvalue weighted by molar-refractivity contribution is 0.213. The van der Waals surface area contributed by atoms with Crippen LogP contribution in [0.25, 0.3) is 0 Å². The Bertz CT molecular complexity index is 347. The Labute approximate surface area is 104 Å². The molecule has 1 aliphatic rings. The Balaban J connectivity index is 2.06. The molecule has 1 saturated heterocycles. The zero-order valence-electron chi connectivity index (χ0n) is 10.9. The Hall–Kier alpha value is -1.06. The van der Waals surface area contributed by atoms with Crippen LogP contribution in [0.4, 0.5) is 5.69 Å². The van der Waals surface area contributed by atoms with Gasteiger partial charge in [-0.05, 0) is 31.2 Å². The van der Waals surface area contributed by atoms with Crippen molar-refractivity contribution in [2.75, 3.05) is 31.6 Å². The first-order valence-electron chi connectivity index (χ1n) is 6.48. The molecule has 0 saturated carbocycles. The van der Waals surface area contributed by atoms with Gasteiger partial charge in [-0.15, -0.1) is 0 Å². The van der Waals surface area contributed by atoms with E-state index >= 15 is 0 Å². The van der Waals surface area contributed by atoms with E-state index in [4.69, 9.17) is 5.73 Å². The second-order valence-corrected chi connectivity index (χ2v) is 4.86. The van der Waals surface area contributed by atoms with Crippen LogP contribution < -0.4 is 10.6 Å². The number of likely N-dealkylation sites (N-methyl/N-ethyl adjacent to an activating group) is 1. The minimum Gasteiger partial charge on any atom is -0.369 e. The molecule has 1 aliphatic heterocycles. The smallest absolute Gasteiger partial charge is 0.0367 e. The van der Waals surface area contributed by atoms with Crippen molar-refractivity contribution in [2.45, 2.75) is 25.9 Å². The summed E-state index contributed by atoms with van der Waals surface area (Å²) in [6.07, 6.45) is 1.22. The van der Waals surface area contributed by atoms with Crippen LogP contribution in [0, 0.1) is 0 Å². The van der Waals surface area contributed by atoms with Gasteiger partial charge in [-0.25, -0.2) is 0 Å². The van der Waals surface area contributed by atoms with Gasteiger partial charge in [0, 0.05) is 37.9 Å². The highest BCUT2D eigenvalue weighted by Gasteiger charge is 2.22. The van der Waals surface area contributed by atoms with Crippen LogP contribution in [0.2, 0.25) is 0 Å². The predicted molar refractivity (Wildman–Crippen MR) is 73.3 cm³/mol. The molecule has 1 aromatic carbocycles. The number of benzene rings is 1. The summed E-state index contributed by atoms with van der Waals surface area (Å²) in [7, 11) is 2.23. The molecule has 1 heterocycles. The van der Waals surface area contributed by atoms with Gasteiger partial charge in [-0.3, -0.25) is 4.90 Å². The van der Waals surface area contributed by atoms with E-state index in [-0.39, 0.29) is 0 Å². The van der Waals surface area contributed by atoms with Gasteiger partial charge in [0.25, 0.3) is 0 Å². The number of nitrogens with zero attached hydrogens (tertiary/aromatic N) is 2. The highest BCUT2D eigenvalue weighted by Crippen LogP contribution is 2.20. The largest absolute Gasteiger partial charge is 0.369 e. The number of nitrogens with two attached hydrogens (primary N) is 1. The minimum absolute atomic E-state index is 0.626. The highest BCUT2D eigenvalue weighted by atomic mass is 15.3. The normalized spacial score (nSPS) is 21.8. The van der Waals surface area contributed by atoms with Crippen molar-refractivity contribution in [3.63, 3.8) is 0 Å². The lowest BCUT2D eigenvalue weighted by Gasteiger charge is -2.40. The maximum atomic E-state index is 5.62. The summed E-state index contributed by atoms with van der Waals surface area (Å²) in [5.74, 6) is 0. The monoisotopic (exact) mass is 233 g/mol. The molecule has 94 valence electrons. The summed E-state index contributed by atoms with van der Waals surface area (Å²) in [5, 5.41) is 0. The first-order valence-corrected chi connectivity index (χ1v) is 6.48. The van der Waals surface area contributed by atoms with Crippen molar-refractivity contribution in [1.82, 2.24) is 4.90 Å². The van der Waals surface area contributed by atoms with Crippen LogP contribution in [0.3, 0.4) is 0 Å².